The summed E-state index contributed by atoms with van der Waals surface area (Å²) in [5, 5.41) is 3.74. The van der Waals surface area contributed by atoms with Crippen molar-refractivity contribution < 1.29 is 0 Å². The Morgan fingerprint density at radius 1 is 1.06 bits per heavy atom. The van der Waals surface area contributed by atoms with Crippen molar-refractivity contribution >= 4 is 0 Å². The van der Waals surface area contributed by atoms with Gasteiger partial charge in [-0.1, -0.05) is 39.5 Å². The van der Waals surface area contributed by atoms with E-state index in [2.05, 4.69) is 19.2 Å². The van der Waals surface area contributed by atoms with E-state index in [1.165, 1.54) is 64.5 Å². The van der Waals surface area contributed by atoms with E-state index in [1.54, 1.807) is 0 Å². The van der Waals surface area contributed by atoms with E-state index in [-0.39, 0.29) is 0 Å². The van der Waals surface area contributed by atoms with Crippen LogP contribution in [0.1, 0.15) is 65.2 Å². The molecule has 2 fully saturated rings. The lowest BCUT2D eigenvalue weighted by Crippen LogP contribution is -2.38. The van der Waals surface area contributed by atoms with Crippen molar-refractivity contribution in [2.45, 2.75) is 65.2 Å². The van der Waals surface area contributed by atoms with Gasteiger partial charge in [0.25, 0.3) is 0 Å². The minimum atomic E-state index is 0.700. The summed E-state index contributed by atoms with van der Waals surface area (Å²) in [6, 6.07) is 0. The molecule has 0 bridgehead atoms. The number of nitrogens with one attached hydrogen (secondary N) is 1. The number of rotatable bonds is 5. The van der Waals surface area contributed by atoms with Crippen LogP contribution < -0.4 is 5.32 Å². The SMILES string of the molecule is CC(C)CNCC1(C2CCCC2)CCCC1. The maximum atomic E-state index is 3.74. The molecule has 0 radical (unpaired) electrons. The maximum Gasteiger partial charge on any atom is 0.00106 e. The van der Waals surface area contributed by atoms with Gasteiger partial charge in [-0.15, -0.1) is 0 Å². The van der Waals surface area contributed by atoms with Gasteiger partial charge in [0.15, 0.2) is 0 Å². The van der Waals surface area contributed by atoms with Gasteiger partial charge < -0.3 is 5.32 Å². The average molecular weight is 223 g/mol. The number of hydrogen-bond donors (Lipinski definition) is 1. The van der Waals surface area contributed by atoms with Crippen molar-refractivity contribution in [2.75, 3.05) is 13.1 Å². The molecule has 94 valence electrons. The van der Waals surface area contributed by atoms with Crippen LogP contribution in [0.4, 0.5) is 0 Å². The predicted molar refractivity (Wildman–Crippen MR) is 70.6 cm³/mol. The average Bonchev–Trinajstić information content (AvgIpc) is 2.87. The molecule has 1 nitrogen and oxygen atoms in total. The summed E-state index contributed by atoms with van der Waals surface area (Å²) in [6.45, 7) is 7.12. The molecular formula is C15H29N. The van der Waals surface area contributed by atoms with Crippen molar-refractivity contribution in [2.24, 2.45) is 17.3 Å². The Kier molecular flexibility index (Phi) is 4.29. The van der Waals surface area contributed by atoms with Gasteiger partial charge in [-0.2, -0.15) is 0 Å². The molecule has 0 saturated heterocycles. The second kappa shape index (κ2) is 5.53. The van der Waals surface area contributed by atoms with Crippen LogP contribution in [-0.4, -0.2) is 13.1 Å². The molecule has 1 heteroatoms. The Morgan fingerprint density at radius 3 is 2.25 bits per heavy atom. The fourth-order valence-corrected chi connectivity index (χ4v) is 3.96. The zero-order valence-electron chi connectivity index (χ0n) is 11.2. The summed E-state index contributed by atoms with van der Waals surface area (Å²) in [5.74, 6) is 1.84. The first-order chi connectivity index (χ1) is 7.73. The third kappa shape index (κ3) is 2.80. The largest absolute Gasteiger partial charge is 0.316 e. The van der Waals surface area contributed by atoms with Gasteiger partial charge in [0, 0.05) is 6.54 Å². The highest BCUT2D eigenvalue weighted by molar-refractivity contribution is 4.94. The minimum Gasteiger partial charge on any atom is -0.316 e. The van der Waals surface area contributed by atoms with E-state index < -0.39 is 0 Å². The standard InChI is InChI=1S/C15H29N/c1-13(2)11-16-12-15(9-5-6-10-15)14-7-3-4-8-14/h13-14,16H,3-12H2,1-2H3. The van der Waals surface area contributed by atoms with Crippen molar-refractivity contribution in [1.29, 1.82) is 0 Å². The van der Waals surface area contributed by atoms with Crippen LogP contribution in [0.2, 0.25) is 0 Å². The molecule has 0 unspecified atom stereocenters. The maximum absolute atomic E-state index is 3.74. The highest BCUT2D eigenvalue weighted by Crippen LogP contribution is 2.50. The van der Waals surface area contributed by atoms with Crippen LogP contribution in [0.25, 0.3) is 0 Å². The molecule has 16 heavy (non-hydrogen) atoms. The Bertz CT molecular complexity index is 197. The molecule has 2 aliphatic carbocycles. The Hall–Kier alpha value is -0.0400. The smallest absolute Gasteiger partial charge is 0.00106 e. The van der Waals surface area contributed by atoms with E-state index in [0.29, 0.717) is 5.41 Å². The molecule has 0 amide bonds. The van der Waals surface area contributed by atoms with E-state index in [4.69, 9.17) is 0 Å². The lowest BCUT2D eigenvalue weighted by Gasteiger charge is -2.36. The zero-order chi connectivity index (χ0) is 11.4. The monoisotopic (exact) mass is 223 g/mol. The lowest BCUT2D eigenvalue weighted by atomic mass is 9.73. The Morgan fingerprint density at radius 2 is 1.69 bits per heavy atom. The van der Waals surface area contributed by atoms with Gasteiger partial charge in [-0.3, -0.25) is 0 Å². The first-order valence-electron chi connectivity index (χ1n) is 7.44. The summed E-state index contributed by atoms with van der Waals surface area (Å²) in [5.41, 5.74) is 0.700. The molecule has 0 heterocycles. The fourth-order valence-electron chi connectivity index (χ4n) is 3.96. The van der Waals surface area contributed by atoms with Gasteiger partial charge in [-0.25, -0.2) is 0 Å². The van der Waals surface area contributed by atoms with Gasteiger partial charge in [0.2, 0.25) is 0 Å². The van der Waals surface area contributed by atoms with E-state index in [0.717, 1.165) is 11.8 Å². The van der Waals surface area contributed by atoms with Gasteiger partial charge >= 0.3 is 0 Å². The second-order valence-electron chi connectivity index (χ2n) is 6.58. The third-order valence-corrected chi connectivity index (χ3v) is 4.85. The molecule has 0 spiro atoms. The van der Waals surface area contributed by atoms with Crippen LogP contribution in [0, 0.1) is 17.3 Å². The molecular weight excluding hydrogens is 194 g/mol. The molecule has 0 aromatic heterocycles. The van der Waals surface area contributed by atoms with Crippen LogP contribution in [0.15, 0.2) is 0 Å². The molecule has 0 aliphatic heterocycles. The molecule has 0 aromatic carbocycles. The summed E-state index contributed by atoms with van der Waals surface area (Å²) < 4.78 is 0. The van der Waals surface area contributed by atoms with Crippen molar-refractivity contribution in [3.05, 3.63) is 0 Å². The van der Waals surface area contributed by atoms with Gasteiger partial charge in [0.1, 0.15) is 0 Å². The number of hydrogen-bond acceptors (Lipinski definition) is 1. The van der Waals surface area contributed by atoms with E-state index in [1.807, 2.05) is 0 Å². The molecule has 1 N–H and O–H groups in total. The van der Waals surface area contributed by atoms with Gasteiger partial charge in [0.05, 0.1) is 0 Å². The van der Waals surface area contributed by atoms with Crippen LogP contribution in [0.3, 0.4) is 0 Å². The molecule has 0 atom stereocenters. The van der Waals surface area contributed by atoms with E-state index >= 15 is 0 Å². The van der Waals surface area contributed by atoms with Crippen molar-refractivity contribution in [3.63, 3.8) is 0 Å². The fraction of sp³-hybridized carbons (Fsp3) is 1.00. The van der Waals surface area contributed by atoms with Gasteiger partial charge in [-0.05, 0) is 49.5 Å². The first kappa shape index (κ1) is 12.4. The highest BCUT2D eigenvalue weighted by atomic mass is 14.9. The van der Waals surface area contributed by atoms with Crippen LogP contribution in [0.5, 0.6) is 0 Å². The zero-order valence-corrected chi connectivity index (χ0v) is 11.2. The topological polar surface area (TPSA) is 12.0 Å². The van der Waals surface area contributed by atoms with Crippen LogP contribution >= 0.6 is 0 Å². The first-order valence-corrected chi connectivity index (χ1v) is 7.44. The molecule has 2 rings (SSSR count). The van der Waals surface area contributed by atoms with Crippen molar-refractivity contribution in [3.8, 4) is 0 Å². The minimum absolute atomic E-state index is 0.700. The predicted octanol–water partition coefficient (Wildman–Crippen LogP) is 3.98. The third-order valence-electron chi connectivity index (χ3n) is 4.85. The summed E-state index contributed by atoms with van der Waals surface area (Å²) in [6.07, 6.45) is 12.0. The summed E-state index contributed by atoms with van der Waals surface area (Å²) >= 11 is 0. The summed E-state index contributed by atoms with van der Waals surface area (Å²) in [4.78, 5) is 0. The van der Waals surface area contributed by atoms with Crippen LogP contribution in [-0.2, 0) is 0 Å². The molecule has 2 saturated carbocycles. The molecule has 0 aromatic rings. The lowest BCUT2D eigenvalue weighted by molar-refractivity contribution is 0.162. The summed E-state index contributed by atoms with van der Waals surface area (Å²) in [7, 11) is 0. The Labute approximate surface area is 101 Å². The van der Waals surface area contributed by atoms with Crippen molar-refractivity contribution in [1.82, 2.24) is 5.32 Å². The second-order valence-corrected chi connectivity index (χ2v) is 6.58. The quantitative estimate of drug-likeness (QED) is 0.743. The van der Waals surface area contributed by atoms with E-state index in [9.17, 15) is 0 Å². The highest BCUT2D eigenvalue weighted by Gasteiger charge is 2.41. The Balaban J connectivity index is 1.87. The normalized spacial score (nSPS) is 25.7. The molecule has 2 aliphatic rings.